The first kappa shape index (κ1) is 18.0. The first-order valence-electron chi connectivity index (χ1n) is 7.51. The van der Waals surface area contributed by atoms with Gasteiger partial charge in [0.05, 0.1) is 23.1 Å². The number of rotatable bonds is 4. The highest BCUT2D eigenvalue weighted by atomic mass is 35.5. The molecule has 0 fully saturated rings. The SMILES string of the molecule is COc1cccc2c1CCC2C(=O)NS(=O)(=O)c1c(Cl)cccc1Cl. The number of hydrogen-bond donors (Lipinski definition) is 1. The molecule has 132 valence electrons. The molecule has 0 saturated heterocycles. The number of hydrogen-bond acceptors (Lipinski definition) is 4. The molecule has 5 nitrogen and oxygen atoms in total. The molecule has 0 heterocycles. The van der Waals surface area contributed by atoms with Gasteiger partial charge in [-0.05, 0) is 42.2 Å². The lowest BCUT2D eigenvalue weighted by atomic mass is 10.0. The van der Waals surface area contributed by atoms with Crippen molar-refractivity contribution in [3.63, 3.8) is 0 Å². The van der Waals surface area contributed by atoms with E-state index in [0.29, 0.717) is 18.6 Å². The molecule has 2 aromatic rings. The number of halogens is 2. The minimum absolute atomic E-state index is 0.0405. The maximum absolute atomic E-state index is 12.6. The summed E-state index contributed by atoms with van der Waals surface area (Å²) in [4.78, 5) is 12.3. The molecule has 2 aromatic carbocycles. The molecule has 1 amide bonds. The van der Waals surface area contributed by atoms with Gasteiger partial charge in [0, 0.05) is 0 Å². The Hall–Kier alpha value is -1.76. The molecule has 0 spiro atoms. The number of amides is 1. The Bertz CT molecular complexity index is 923. The second-order valence-corrected chi connectivity index (χ2v) is 8.07. The van der Waals surface area contributed by atoms with Crippen molar-refractivity contribution < 1.29 is 17.9 Å². The third-order valence-corrected chi connectivity index (χ3v) is 6.49. The zero-order chi connectivity index (χ0) is 18.2. The molecule has 8 heteroatoms. The van der Waals surface area contributed by atoms with Crippen LogP contribution in [0.5, 0.6) is 5.75 Å². The zero-order valence-corrected chi connectivity index (χ0v) is 15.6. The van der Waals surface area contributed by atoms with Crippen LogP contribution in [0.1, 0.15) is 23.5 Å². The number of carbonyl (C=O) groups excluding carboxylic acids is 1. The Morgan fingerprint density at radius 2 is 1.80 bits per heavy atom. The van der Waals surface area contributed by atoms with Crippen LogP contribution in [0.3, 0.4) is 0 Å². The Balaban J connectivity index is 1.90. The van der Waals surface area contributed by atoms with Gasteiger partial charge in [-0.1, -0.05) is 41.4 Å². The summed E-state index contributed by atoms with van der Waals surface area (Å²) in [6, 6.07) is 9.75. The van der Waals surface area contributed by atoms with E-state index in [-0.39, 0.29) is 14.9 Å². The molecular weight excluding hydrogens is 385 g/mol. The summed E-state index contributed by atoms with van der Waals surface area (Å²) in [6.45, 7) is 0. The van der Waals surface area contributed by atoms with Gasteiger partial charge in [0.15, 0.2) is 0 Å². The van der Waals surface area contributed by atoms with Crippen LogP contribution in [0.2, 0.25) is 10.0 Å². The van der Waals surface area contributed by atoms with Crippen LogP contribution in [0.25, 0.3) is 0 Å². The summed E-state index contributed by atoms with van der Waals surface area (Å²) in [7, 11) is -2.61. The molecule has 25 heavy (non-hydrogen) atoms. The van der Waals surface area contributed by atoms with Crippen molar-refractivity contribution in [2.75, 3.05) is 7.11 Å². The lowest BCUT2D eigenvalue weighted by Gasteiger charge is -2.14. The lowest BCUT2D eigenvalue weighted by Crippen LogP contribution is -2.34. The topological polar surface area (TPSA) is 72.5 Å². The van der Waals surface area contributed by atoms with Gasteiger partial charge in [-0.2, -0.15) is 0 Å². The highest BCUT2D eigenvalue weighted by Gasteiger charge is 2.34. The molecule has 0 aliphatic heterocycles. The van der Waals surface area contributed by atoms with Crippen LogP contribution in [0.4, 0.5) is 0 Å². The van der Waals surface area contributed by atoms with Crippen LogP contribution in [-0.4, -0.2) is 21.4 Å². The third-order valence-electron chi connectivity index (χ3n) is 4.19. The molecule has 1 aliphatic carbocycles. The molecule has 0 radical (unpaired) electrons. The van der Waals surface area contributed by atoms with Gasteiger partial charge in [0.25, 0.3) is 10.0 Å². The van der Waals surface area contributed by atoms with Gasteiger partial charge in [-0.25, -0.2) is 13.1 Å². The van der Waals surface area contributed by atoms with Gasteiger partial charge in [0.1, 0.15) is 10.6 Å². The normalized spacial score (nSPS) is 16.4. The number of benzene rings is 2. The predicted molar refractivity (Wildman–Crippen MR) is 95.8 cm³/mol. The van der Waals surface area contributed by atoms with Crippen LogP contribution in [0, 0.1) is 0 Å². The van der Waals surface area contributed by atoms with Crippen LogP contribution < -0.4 is 9.46 Å². The van der Waals surface area contributed by atoms with E-state index < -0.39 is 21.8 Å². The average Bonchev–Trinajstić information content (AvgIpc) is 2.98. The van der Waals surface area contributed by atoms with E-state index in [0.717, 1.165) is 11.1 Å². The largest absolute Gasteiger partial charge is 0.496 e. The summed E-state index contributed by atoms with van der Waals surface area (Å²) in [5.74, 6) is -0.478. The van der Waals surface area contributed by atoms with E-state index >= 15 is 0 Å². The maximum Gasteiger partial charge on any atom is 0.267 e. The van der Waals surface area contributed by atoms with Crippen molar-refractivity contribution in [1.82, 2.24) is 4.72 Å². The molecule has 1 unspecified atom stereocenters. The number of fused-ring (bicyclic) bond motifs is 1. The summed E-state index contributed by atoms with van der Waals surface area (Å²) in [5.41, 5.74) is 1.70. The van der Waals surface area contributed by atoms with Crippen LogP contribution in [-0.2, 0) is 21.2 Å². The molecule has 0 saturated carbocycles. The number of nitrogens with one attached hydrogen (secondary N) is 1. The second-order valence-electron chi connectivity index (χ2n) is 5.64. The minimum atomic E-state index is -4.17. The molecule has 1 atom stereocenters. The van der Waals surface area contributed by atoms with Gasteiger partial charge in [-0.3, -0.25) is 4.79 Å². The highest BCUT2D eigenvalue weighted by Crippen LogP contribution is 2.39. The number of carbonyl (C=O) groups is 1. The number of methoxy groups -OCH3 is 1. The fourth-order valence-electron chi connectivity index (χ4n) is 3.08. The summed E-state index contributed by atoms with van der Waals surface area (Å²) >= 11 is 11.9. The van der Waals surface area contributed by atoms with E-state index in [1.807, 2.05) is 12.1 Å². The van der Waals surface area contributed by atoms with Gasteiger partial charge in [0.2, 0.25) is 5.91 Å². The van der Waals surface area contributed by atoms with Gasteiger partial charge in [-0.15, -0.1) is 0 Å². The monoisotopic (exact) mass is 399 g/mol. The van der Waals surface area contributed by atoms with E-state index in [4.69, 9.17) is 27.9 Å². The highest BCUT2D eigenvalue weighted by molar-refractivity contribution is 7.90. The van der Waals surface area contributed by atoms with Gasteiger partial charge >= 0.3 is 0 Å². The van der Waals surface area contributed by atoms with E-state index in [1.54, 1.807) is 13.2 Å². The Morgan fingerprint density at radius 1 is 1.16 bits per heavy atom. The fraction of sp³-hybridized carbons (Fsp3) is 0.235. The van der Waals surface area contributed by atoms with Crippen molar-refractivity contribution in [3.8, 4) is 5.75 Å². The summed E-state index contributed by atoms with van der Waals surface area (Å²) < 4.78 is 32.5. The van der Waals surface area contributed by atoms with Crippen molar-refractivity contribution in [1.29, 1.82) is 0 Å². The molecule has 0 bridgehead atoms. The Labute approximate surface area is 155 Å². The van der Waals surface area contributed by atoms with Gasteiger partial charge < -0.3 is 4.74 Å². The molecule has 0 aromatic heterocycles. The molecule has 3 rings (SSSR count). The molecular formula is C17H15Cl2NO4S. The number of sulfonamides is 1. The lowest BCUT2D eigenvalue weighted by molar-refractivity contribution is -0.120. The van der Waals surface area contributed by atoms with Crippen LogP contribution in [0.15, 0.2) is 41.3 Å². The zero-order valence-electron chi connectivity index (χ0n) is 13.3. The maximum atomic E-state index is 12.6. The Kier molecular flexibility index (Phi) is 4.95. The standard InChI is InChI=1S/C17H15Cl2NO4S/c1-24-15-7-2-4-10-11(15)8-9-12(10)17(21)20-25(22,23)16-13(18)5-3-6-14(16)19/h2-7,12H,8-9H2,1H3,(H,20,21). The quantitative estimate of drug-likeness (QED) is 0.852. The fourth-order valence-corrected chi connectivity index (χ4v) is 5.24. The van der Waals surface area contributed by atoms with Crippen molar-refractivity contribution in [3.05, 3.63) is 57.6 Å². The molecule has 1 N–H and O–H groups in total. The second kappa shape index (κ2) is 6.86. The number of ether oxygens (including phenoxy) is 1. The van der Waals surface area contributed by atoms with E-state index in [9.17, 15) is 13.2 Å². The van der Waals surface area contributed by atoms with Crippen LogP contribution >= 0.6 is 23.2 Å². The van der Waals surface area contributed by atoms with Crippen molar-refractivity contribution in [2.24, 2.45) is 0 Å². The first-order valence-corrected chi connectivity index (χ1v) is 9.75. The third kappa shape index (κ3) is 3.34. The smallest absolute Gasteiger partial charge is 0.267 e. The van der Waals surface area contributed by atoms with Crippen molar-refractivity contribution >= 4 is 39.1 Å². The summed E-state index contributed by atoms with van der Waals surface area (Å²) in [5, 5.41) is -0.0809. The average molecular weight is 400 g/mol. The predicted octanol–water partition coefficient (Wildman–Crippen LogP) is 3.54. The first-order chi connectivity index (χ1) is 11.8. The minimum Gasteiger partial charge on any atom is -0.496 e. The Morgan fingerprint density at radius 3 is 2.44 bits per heavy atom. The van der Waals surface area contributed by atoms with Crippen molar-refractivity contribution in [2.45, 2.75) is 23.7 Å². The van der Waals surface area contributed by atoms with E-state index in [1.165, 1.54) is 18.2 Å². The summed E-state index contributed by atoms with van der Waals surface area (Å²) in [6.07, 6.45) is 1.15. The van der Waals surface area contributed by atoms with E-state index in [2.05, 4.69) is 4.72 Å². The molecule has 1 aliphatic rings.